The molecule has 0 aromatic carbocycles. The predicted octanol–water partition coefficient (Wildman–Crippen LogP) is 2.19. The molecule has 3 aliphatic rings. The summed E-state index contributed by atoms with van der Waals surface area (Å²) in [5.74, 6) is 1.86. The zero-order chi connectivity index (χ0) is 10.3. The van der Waals surface area contributed by atoms with Gasteiger partial charge in [-0.05, 0) is 51.0 Å². The normalized spacial score (nSPS) is 41.8. The largest absolute Gasteiger partial charge is 0.377 e. The number of rotatable bonds is 4. The fourth-order valence-electron chi connectivity index (χ4n) is 3.77. The molecular weight excluding hydrogens is 186 g/mol. The molecule has 0 aromatic heterocycles. The van der Waals surface area contributed by atoms with E-state index in [9.17, 15) is 0 Å². The molecule has 2 aliphatic carbocycles. The summed E-state index contributed by atoms with van der Waals surface area (Å²) in [4.78, 5) is 0. The first-order valence-corrected chi connectivity index (χ1v) is 6.63. The Labute approximate surface area is 92.8 Å². The Morgan fingerprint density at radius 3 is 2.60 bits per heavy atom. The summed E-state index contributed by atoms with van der Waals surface area (Å²) in [6, 6.07) is 0. The van der Waals surface area contributed by atoms with Crippen LogP contribution in [-0.4, -0.2) is 26.3 Å². The second-order valence-corrected chi connectivity index (χ2v) is 5.77. The van der Waals surface area contributed by atoms with Gasteiger partial charge in [0, 0.05) is 18.6 Å². The van der Waals surface area contributed by atoms with Crippen molar-refractivity contribution in [2.75, 3.05) is 20.2 Å². The maximum atomic E-state index is 6.06. The Bertz CT molecular complexity index is 235. The van der Waals surface area contributed by atoms with Crippen LogP contribution in [-0.2, 0) is 4.74 Å². The van der Waals surface area contributed by atoms with Crippen molar-refractivity contribution in [1.29, 1.82) is 0 Å². The van der Waals surface area contributed by atoms with E-state index in [2.05, 4.69) is 12.4 Å². The molecule has 86 valence electrons. The van der Waals surface area contributed by atoms with Crippen LogP contribution in [0.3, 0.4) is 0 Å². The molecule has 15 heavy (non-hydrogen) atoms. The Hall–Kier alpha value is -0.0800. The Morgan fingerprint density at radius 2 is 2.07 bits per heavy atom. The molecular formula is C13H23NO. The molecule has 0 bridgehead atoms. The quantitative estimate of drug-likeness (QED) is 0.766. The topological polar surface area (TPSA) is 21.3 Å². The third kappa shape index (κ3) is 1.53. The first-order chi connectivity index (χ1) is 7.37. The molecule has 0 aromatic rings. The molecule has 1 N–H and O–H groups in total. The van der Waals surface area contributed by atoms with Crippen molar-refractivity contribution in [1.82, 2.24) is 5.32 Å². The Kier molecular flexibility index (Phi) is 2.52. The van der Waals surface area contributed by atoms with E-state index in [1.165, 1.54) is 45.1 Å². The van der Waals surface area contributed by atoms with E-state index in [0.29, 0.717) is 11.5 Å². The highest BCUT2D eigenvalue weighted by Crippen LogP contribution is 2.55. The minimum absolute atomic E-state index is 0.508. The van der Waals surface area contributed by atoms with Crippen LogP contribution in [0.25, 0.3) is 0 Å². The number of nitrogens with one attached hydrogen (secondary N) is 1. The van der Waals surface area contributed by atoms with E-state index >= 15 is 0 Å². The average Bonchev–Trinajstić information content (AvgIpc) is 2.88. The van der Waals surface area contributed by atoms with Gasteiger partial charge in [0.25, 0.3) is 0 Å². The van der Waals surface area contributed by atoms with Crippen molar-refractivity contribution in [2.45, 2.75) is 44.6 Å². The molecule has 2 nitrogen and oxygen atoms in total. The van der Waals surface area contributed by atoms with Crippen molar-refractivity contribution in [3.05, 3.63) is 0 Å². The van der Waals surface area contributed by atoms with Gasteiger partial charge in [0.2, 0.25) is 0 Å². The van der Waals surface area contributed by atoms with Gasteiger partial charge in [-0.25, -0.2) is 0 Å². The van der Waals surface area contributed by atoms with Gasteiger partial charge in [0.05, 0.1) is 6.10 Å². The van der Waals surface area contributed by atoms with Gasteiger partial charge in [0.1, 0.15) is 0 Å². The van der Waals surface area contributed by atoms with Crippen LogP contribution in [0, 0.1) is 17.3 Å². The van der Waals surface area contributed by atoms with Gasteiger partial charge in [0.15, 0.2) is 0 Å². The highest BCUT2D eigenvalue weighted by atomic mass is 16.5. The van der Waals surface area contributed by atoms with Gasteiger partial charge in [-0.1, -0.05) is 6.42 Å². The maximum absolute atomic E-state index is 6.06. The van der Waals surface area contributed by atoms with Crippen LogP contribution in [0.4, 0.5) is 0 Å². The molecule has 2 atom stereocenters. The molecule has 0 radical (unpaired) electrons. The first kappa shape index (κ1) is 10.1. The molecule has 2 unspecified atom stereocenters. The molecule has 2 saturated carbocycles. The molecule has 0 amide bonds. The Balaban J connectivity index is 1.79. The molecule has 3 fully saturated rings. The lowest BCUT2D eigenvalue weighted by atomic mass is 9.61. The zero-order valence-corrected chi connectivity index (χ0v) is 9.80. The van der Waals surface area contributed by atoms with Gasteiger partial charge < -0.3 is 10.1 Å². The molecule has 0 spiro atoms. The van der Waals surface area contributed by atoms with Crippen molar-refractivity contribution in [2.24, 2.45) is 17.3 Å². The summed E-state index contributed by atoms with van der Waals surface area (Å²) in [7, 11) is 2.10. The van der Waals surface area contributed by atoms with E-state index in [4.69, 9.17) is 4.74 Å². The van der Waals surface area contributed by atoms with Crippen molar-refractivity contribution in [3.63, 3.8) is 0 Å². The van der Waals surface area contributed by atoms with Crippen LogP contribution >= 0.6 is 0 Å². The maximum Gasteiger partial charge on any atom is 0.0675 e. The highest BCUT2D eigenvalue weighted by Gasteiger charge is 2.55. The lowest BCUT2D eigenvalue weighted by molar-refractivity contribution is -0.0233. The first-order valence-electron chi connectivity index (χ1n) is 6.63. The SMILES string of the molecule is CNCC1(C2CCC2)CCOC1C1CC1. The monoisotopic (exact) mass is 209 g/mol. The summed E-state index contributed by atoms with van der Waals surface area (Å²) in [6.45, 7) is 2.19. The average molecular weight is 209 g/mol. The van der Waals surface area contributed by atoms with Crippen LogP contribution in [0.2, 0.25) is 0 Å². The van der Waals surface area contributed by atoms with E-state index in [0.717, 1.165) is 18.4 Å². The molecule has 1 saturated heterocycles. The van der Waals surface area contributed by atoms with Gasteiger partial charge in [-0.15, -0.1) is 0 Å². The van der Waals surface area contributed by atoms with E-state index in [-0.39, 0.29) is 0 Å². The Morgan fingerprint density at radius 1 is 1.27 bits per heavy atom. The molecule has 1 heterocycles. The van der Waals surface area contributed by atoms with Gasteiger partial charge >= 0.3 is 0 Å². The third-order valence-corrected chi connectivity index (χ3v) is 4.91. The summed E-state index contributed by atoms with van der Waals surface area (Å²) in [5.41, 5.74) is 0.508. The van der Waals surface area contributed by atoms with Crippen LogP contribution in [0.15, 0.2) is 0 Å². The van der Waals surface area contributed by atoms with Crippen LogP contribution in [0.5, 0.6) is 0 Å². The van der Waals surface area contributed by atoms with E-state index < -0.39 is 0 Å². The minimum atomic E-state index is 0.508. The van der Waals surface area contributed by atoms with Gasteiger partial charge in [-0.2, -0.15) is 0 Å². The van der Waals surface area contributed by atoms with Crippen LogP contribution < -0.4 is 5.32 Å². The smallest absolute Gasteiger partial charge is 0.0675 e. The molecule has 1 aliphatic heterocycles. The van der Waals surface area contributed by atoms with Crippen molar-refractivity contribution >= 4 is 0 Å². The van der Waals surface area contributed by atoms with Gasteiger partial charge in [-0.3, -0.25) is 0 Å². The summed E-state index contributed by atoms with van der Waals surface area (Å²) < 4.78 is 6.06. The number of ether oxygens (including phenoxy) is 1. The summed E-state index contributed by atoms with van der Waals surface area (Å²) in [6.07, 6.45) is 9.09. The van der Waals surface area contributed by atoms with E-state index in [1.807, 2.05) is 0 Å². The number of hydrogen-bond donors (Lipinski definition) is 1. The summed E-state index contributed by atoms with van der Waals surface area (Å²) in [5, 5.41) is 3.43. The second-order valence-electron chi connectivity index (χ2n) is 5.77. The van der Waals surface area contributed by atoms with Crippen molar-refractivity contribution in [3.8, 4) is 0 Å². The lowest BCUT2D eigenvalue weighted by Crippen LogP contribution is -2.48. The zero-order valence-electron chi connectivity index (χ0n) is 9.80. The fraction of sp³-hybridized carbons (Fsp3) is 1.00. The predicted molar refractivity (Wildman–Crippen MR) is 60.8 cm³/mol. The minimum Gasteiger partial charge on any atom is -0.377 e. The molecule has 3 rings (SSSR count). The lowest BCUT2D eigenvalue weighted by Gasteiger charge is -2.46. The third-order valence-electron chi connectivity index (χ3n) is 4.91. The van der Waals surface area contributed by atoms with Crippen molar-refractivity contribution < 1.29 is 4.74 Å². The summed E-state index contributed by atoms with van der Waals surface area (Å²) >= 11 is 0. The second kappa shape index (κ2) is 3.74. The highest BCUT2D eigenvalue weighted by molar-refractivity contribution is 5.05. The fourth-order valence-corrected chi connectivity index (χ4v) is 3.77. The molecule has 2 heteroatoms. The number of hydrogen-bond acceptors (Lipinski definition) is 2. The van der Waals surface area contributed by atoms with E-state index in [1.54, 1.807) is 0 Å². The van der Waals surface area contributed by atoms with Crippen LogP contribution in [0.1, 0.15) is 38.5 Å². The standard InChI is InChI=1S/C13H23NO/c1-14-9-13(11-3-2-4-11)7-8-15-12(13)10-5-6-10/h10-12,14H,2-9H2,1H3.